The van der Waals surface area contributed by atoms with E-state index in [0.29, 0.717) is 25.5 Å². The minimum Gasteiger partial charge on any atom is -0.508 e. The summed E-state index contributed by atoms with van der Waals surface area (Å²) >= 11 is 0. The summed E-state index contributed by atoms with van der Waals surface area (Å²) in [7, 11) is 0. The minimum absolute atomic E-state index is 0.206. The van der Waals surface area contributed by atoms with Gasteiger partial charge in [0.15, 0.2) is 0 Å². The Balaban J connectivity index is 1.18. The number of pyridine rings is 1. The Morgan fingerprint density at radius 3 is 2.59 bits per heavy atom. The lowest BCUT2D eigenvalue weighted by molar-refractivity contribution is 0.0170. The molecule has 1 N–H and O–H groups in total. The largest absolute Gasteiger partial charge is 0.508 e. The van der Waals surface area contributed by atoms with E-state index in [1.165, 1.54) is 0 Å². The van der Waals surface area contributed by atoms with Gasteiger partial charge in [-0.15, -0.1) is 5.10 Å². The van der Waals surface area contributed by atoms with Crippen molar-refractivity contribution in [1.82, 2.24) is 24.9 Å². The summed E-state index contributed by atoms with van der Waals surface area (Å²) < 4.78 is 18.6. The Bertz CT molecular complexity index is 1220. The highest BCUT2D eigenvalue weighted by molar-refractivity contribution is 5.82. The van der Waals surface area contributed by atoms with Gasteiger partial charge in [-0.2, -0.15) is 0 Å². The molecule has 0 amide bonds. The van der Waals surface area contributed by atoms with Crippen LogP contribution in [0.4, 0.5) is 0 Å². The predicted molar refractivity (Wildman–Crippen MR) is 127 cm³/mol. The molecule has 1 fully saturated rings. The first kappa shape index (κ1) is 22.3. The maximum Gasteiger partial charge on any atom is 0.131 e. The summed E-state index contributed by atoms with van der Waals surface area (Å²) in [6.45, 7) is 6.18. The molecule has 2 aromatic carbocycles. The molecule has 0 radical (unpaired) electrons. The van der Waals surface area contributed by atoms with Crippen LogP contribution < -0.4 is 4.74 Å². The van der Waals surface area contributed by atoms with Crippen LogP contribution in [0.15, 0.2) is 60.8 Å². The molecule has 2 aromatic heterocycles. The number of ether oxygens (including phenoxy) is 3. The highest BCUT2D eigenvalue weighted by atomic mass is 16.5. The summed E-state index contributed by atoms with van der Waals surface area (Å²) in [5, 5.41) is 18.9. The number of aromatic hydroxyl groups is 1. The van der Waals surface area contributed by atoms with E-state index in [0.717, 1.165) is 60.9 Å². The van der Waals surface area contributed by atoms with Crippen LogP contribution in [-0.2, 0) is 9.47 Å². The second kappa shape index (κ2) is 10.6. The van der Waals surface area contributed by atoms with Crippen LogP contribution in [0.1, 0.15) is 0 Å². The Hall–Kier alpha value is -3.53. The Morgan fingerprint density at radius 1 is 0.912 bits per heavy atom. The van der Waals surface area contributed by atoms with Gasteiger partial charge in [0.1, 0.15) is 23.8 Å². The smallest absolute Gasteiger partial charge is 0.131 e. The molecule has 9 heteroatoms. The summed E-state index contributed by atoms with van der Waals surface area (Å²) in [4.78, 5) is 7.10. The number of aromatic nitrogens is 4. The summed E-state index contributed by atoms with van der Waals surface area (Å²) in [5.74, 6) is 0.958. The van der Waals surface area contributed by atoms with E-state index in [1.807, 2.05) is 36.5 Å². The SMILES string of the molecule is Oc1ccc(-n2cc(-c3ccc4ccc(OCCOCCN5CCOCC5)cc4n3)nn2)cc1. The minimum atomic E-state index is 0.206. The number of nitrogens with zero attached hydrogens (tertiary/aromatic N) is 5. The van der Waals surface area contributed by atoms with Gasteiger partial charge < -0.3 is 19.3 Å². The Kier molecular flexibility index (Phi) is 6.94. The number of hydrogen-bond donors (Lipinski definition) is 1. The number of morpholine rings is 1. The van der Waals surface area contributed by atoms with Crippen molar-refractivity contribution in [2.75, 3.05) is 52.7 Å². The predicted octanol–water partition coefficient (Wildman–Crippen LogP) is 2.92. The van der Waals surface area contributed by atoms with E-state index in [1.54, 1.807) is 28.9 Å². The topological polar surface area (TPSA) is 94.8 Å². The second-order valence-corrected chi connectivity index (χ2v) is 8.03. The zero-order valence-corrected chi connectivity index (χ0v) is 18.8. The van der Waals surface area contributed by atoms with Crippen molar-refractivity contribution in [3.8, 4) is 28.6 Å². The molecule has 0 unspecified atom stereocenters. The molecule has 34 heavy (non-hydrogen) atoms. The Morgan fingerprint density at radius 2 is 1.74 bits per heavy atom. The van der Waals surface area contributed by atoms with E-state index in [4.69, 9.17) is 19.2 Å². The van der Waals surface area contributed by atoms with Gasteiger partial charge in [0.25, 0.3) is 0 Å². The van der Waals surface area contributed by atoms with E-state index in [2.05, 4.69) is 15.2 Å². The number of phenolic OH excluding ortho intramolecular Hbond substituents is 1. The van der Waals surface area contributed by atoms with Crippen LogP contribution in [0.5, 0.6) is 11.5 Å². The quantitative estimate of drug-likeness (QED) is 0.380. The summed E-state index contributed by atoms with van der Waals surface area (Å²) in [6.07, 6.45) is 1.81. The van der Waals surface area contributed by atoms with Crippen molar-refractivity contribution in [2.24, 2.45) is 0 Å². The van der Waals surface area contributed by atoms with Crippen molar-refractivity contribution in [3.63, 3.8) is 0 Å². The molecule has 4 aromatic rings. The third kappa shape index (κ3) is 5.51. The van der Waals surface area contributed by atoms with Gasteiger partial charge >= 0.3 is 0 Å². The van der Waals surface area contributed by atoms with E-state index < -0.39 is 0 Å². The fourth-order valence-corrected chi connectivity index (χ4v) is 3.78. The van der Waals surface area contributed by atoms with Gasteiger partial charge in [0.05, 0.1) is 49.5 Å². The van der Waals surface area contributed by atoms with Crippen LogP contribution in [0, 0.1) is 0 Å². The highest BCUT2D eigenvalue weighted by Crippen LogP contribution is 2.24. The molecule has 0 spiro atoms. The highest BCUT2D eigenvalue weighted by Gasteiger charge is 2.10. The van der Waals surface area contributed by atoms with Crippen LogP contribution in [0.25, 0.3) is 28.0 Å². The maximum atomic E-state index is 9.47. The Labute approximate surface area is 197 Å². The van der Waals surface area contributed by atoms with Crippen LogP contribution in [-0.4, -0.2) is 82.7 Å². The first-order chi connectivity index (χ1) is 16.7. The molecule has 5 rings (SSSR count). The molecule has 3 heterocycles. The van der Waals surface area contributed by atoms with Crippen molar-refractivity contribution in [2.45, 2.75) is 0 Å². The third-order valence-corrected chi connectivity index (χ3v) is 5.69. The average Bonchev–Trinajstić information content (AvgIpc) is 3.37. The van der Waals surface area contributed by atoms with E-state index in [-0.39, 0.29) is 5.75 Å². The first-order valence-electron chi connectivity index (χ1n) is 11.4. The van der Waals surface area contributed by atoms with Gasteiger partial charge in [0, 0.05) is 31.1 Å². The third-order valence-electron chi connectivity index (χ3n) is 5.69. The zero-order valence-electron chi connectivity index (χ0n) is 18.8. The molecule has 1 aliphatic rings. The molecular formula is C25H27N5O4. The van der Waals surface area contributed by atoms with Gasteiger partial charge in [-0.25, -0.2) is 9.67 Å². The molecule has 9 nitrogen and oxygen atoms in total. The normalized spacial score (nSPS) is 14.5. The number of fused-ring (bicyclic) bond motifs is 1. The molecule has 1 aliphatic heterocycles. The second-order valence-electron chi connectivity index (χ2n) is 8.03. The van der Waals surface area contributed by atoms with Crippen molar-refractivity contribution in [3.05, 3.63) is 60.8 Å². The van der Waals surface area contributed by atoms with Crippen LogP contribution >= 0.6 is 0 Å². The fourth-order valence-electron chi connectivity index (χ4n) is 3.78. The van der Waals surface area contributed by atoms with Crippen molar-refractivity contribution < 1.29 is 19.3 Å². The van der Waals surface area contributed by atoms with E-state index >= 15 is 0 Å². The van der Waals surface area contributed by atoms with Gasteiger partial charge in [-0.3, -0.25) is 4.90 Å². The lowest BCUT2D eigenvalue weighted by Gasteiger charge is -2.26. The zero-order chi connectivity index (χ0) is 23.2. The monoisotopic (exact) mass is 461 g/mol. The number of benzene rings is 2. The standard InChI is InChI=1S/C25H27N5O4/c31-21-5-3-20(4-6-21)30-18-25(27-28-30)23-8-2-19-1-7-22(17-24(19)26-23)34-16-15-33-14-11-29-9-12-32-13-10-29/h1-8,17-18,31H,9-16H2. The lowest BCUT2D eigenvalue weighted by Crippen LogP contribution is -2.38. The van der Waals surface area contributed by atoms with Crippen LogP contribution in [0.3, 0.4) is 0 Å². The molecule has 0 bridgehead atoms. The number of phenols is 1. The van der Waals surface area contributed by atoms with Gasteiger partial charge in [0.2, 0.25) is 0 Å². The summed E-state index contributed by atoms with van der Waals surface area (Å²) in [5.41, 5.74) is 3.01. The van der Waals surface area contributed by atoms with Crippen molar-refractivity contribution >= 4 is 10.9 Å². The van der Waals surface area contributed by atoms with Crippen LogP contribution in [0.2, 0.25) is 0 Å². The summed E-state index contributed by atoms with van der Waals surface area (Å²) in [6, 6.07) is 16.6. The first-order valence-corrected chi connectivity index (χ1v) is 11.4. The molecule has 0 atom stereocenters. The molecule has 176 valence electrons. The van der Waals surface area contributed by atoms with E-state index in [9.17, 15) is 5.11 Å². The fraction of sp³-hybridized carbons (Fsp3) is 0.320. The van der Waals surface area contributed by atoms with Gasteiger partial charge in [-0.05, 0) is 42.5 Å². The lowest BCUT2D eigenvalue weighted by atomic mass is 10.2. The number of hydrogen-bond acceptors (Lipinski definition) is 8. The maximum absolute atomic E-state index is 9.47. The molecule has 1 saturated heterocycles. The molecular weight excluding hydrogens is 434 g/mol. The number of rotatable bonds is 9. The molecule has 0 saturated carbocycles. The van der Waals surface area contributed by atoms with Gasteiger partial charge in [-0.1, -0.05) is 11.3 Å². The van der Waals surface area contributed by atoms with Crippen molar-refractivity contribution in [1.29, 1.82) is 0 Å². The molecule has 0 aliphatic carbocycles. The average molecular weight is 462 g/mol.